The van der Waals surface area contributed by atoms with Crippen molar-refractivity contribution in [3.8, 4) is 0 Å². The van der Waals surface area contributed by atoms with E-state index in [1.165, 1.54) is 12.1 Å². The second kappa shape index (κ2) is 9.29. The van der Waals surface area contributed by atoms with Crippen LogP contribution in [-0.4, -0.2) is 38.7 Å². The molecule has 0 saturated heterocycles. The van der Waals surface area contributed by atoms with Crippen LogP contribution in [0.5, 0.6) is 0 Å². The molecule has 1 heterocycles. The van der Waals surface area contributed by atoms with Crippen molar-refractivity contribution in [2.24, 2.45) is 10.1 Å². The Bertz CT molecular complexity index is 1330. The monoisotopic (exact) mass is 488 g/mol. The first kappa shape index (κ1) is 22.9. The maximum absolute atomic E-state index is 14.1. The van der Waals surface area contributed by atoms with E-state index in [2.05, 4.69) is 14.8 Å². The first-order chi connectivity index (χ1) is 15.8. The van der Waals surface area contributed by atoms with Crippen LogP contribution in [0.1, 0.15) is 17.0 Å². The maximum atomic E-state index is 14.1. The molecule has 3 aromatic rings. The van der Waals surface area contributed by atoms with Gasteiger partial charge in [-0.15, -0.1) is 0 Å². The summed E-state index contributed by atoms with van der Waals surface area (Å²) < 4.78 is 55.2. The Kier molecular flexibility index (Phi) is 6.44. The van der Waals surface area contributed by atoms with Gasteiger partial charge in [0, 0.05) is 24.1 Å². The molecule has 1 N–H and O–H groups in total. The standard InChI is InChI=1S/C23H19ClF2N4O2S/c1-27-23(29-33(31,32)21-12-11-18(25)13-20(21)26)30-14-19(15-5-3-2-4-6-15)22(28-30)16-7-9-17(24)10-8-16/h2-13,19H,14H2,1H3,(H,27,29). The summed E-state index contributed by atoms with van der Waals surface area (Å²) in [5.41, 5.74) is 2.50. The van der Waals surface area contributed by atoms with Crippen molar-refractivity contribution >= 4 is 33.3 Å². The van der Waals surface area contributed by atoms with Gasteiger partial charge in [-0.25, -0.2) is 26.9 Å². The molecule has 0 aliphatic carbocycles. The summed E-state index contributed by atoms with van der Waals surface area (Å²) in [6.45, 7) is 0.295. The molecule has 1 aliphatic rings. The van der Waals surface area contributed by atoms with Crippen LogP contribution in [0.4, 0.5) is 8.78 Å². The number of halogens is 3. The van der Waals surface area contributed by atoms with Crippen LogP contribution in [0, 0.1) is 11.6 Å². The minimum Gasteiger partial charge on any atom is -0.254 e. The van der Waals surface area contributed by atoms with E-state index in [0.717, 1.165) is 23.3 Å². The highest BCUT2D eigenvalue weighted by Crippen LogP contribution is 2.29. The summed E-state index contributed by atoms with van der Waals surface area (Å²) in [7, 11) is -2.98. The lowest BCUT2D eigenvalue weighted by Crippen LogP contribution is -2.41. The number of rotatable bonds is 4. The van der Waals surface area contributed by atoms with Gasteiger partial charge < -0.3 is 0 Å². The van der Waals surface area contributed by atoms with Crippen LogP contribution in [0.2, 0.25) is 5.02 Å². The molecule has 170 valence electrons. The first-order valence-electron chi connectivity index (χ1n) is 9.90. The molecule has 0 aromatic heterocycles. The van der Waals surface area contributed by atoms with Crippen LogP contribution >= 0.6 is 11.6 Å². The van der Waals surface area contributed by atoms with Crippen LogP contribution in [-0.2, 0) is 10.0 Å². The molecular formula is C23H19ClF2N4O2S. The van der Waals surface area contributed by atoms with Crippen molar-refractivity contribution in [2.75, 3.05) is 13.6 Å². The lowest BCUT2D eigenvalue weighted by Gasteiger charge is -2.19. The fraction of sp³-hybridized carbons (Fsp3) is 0.130. The number of hydrazone groups is 1. The number of nitrogens with one attached hydrogen (secondary N) is 1. The zero-order chi connectivity index (χ0) is 23.6. The molecule has 0 amide bonds. The number of sulfonamides is 1. The minimum atomic E-state index is -4.38. The zero-order valence-corrected chi connectivity index (χ0v) is 19.0. The Morgan fingerprint density at radius 1 is 1.09 bits per heavy atom. The number of hydrogen-bond donors (Lipinski definition) is 1. The molecule has 3 aromatic carbocycles. The molecule has 33 heavy (non-hydrogen) atoms. The average Bonchev–Trinajstić information content (AvgIpc) is 3.23. The predicted octanol–water partition coefficient (Wildman–Crippen LogP) is 4.39. The summed E-state index contributed by atoms with van der Waals surface area (Å²) in [6.07, 6.45) is 0. The van der Waals surface area contributed by atoms with Gasteiger partial charge in [0.15, 0.2) is 0 Å². The molecule has 0 bridgehead atoms. The zero-order valence-electron chi connectivity index (χ0n) is 17.4. The largest absolute Gasteiger partial charge is 0.267 e. The number of benzene rings is 3. The van der Waals surface area contributed by atoms with Crippen LogP contribution in [0.25, 0.3) is 0 Å². The van der Waals surface area contributed by atoms with Crippen molar-refractivity contribution in [2.45, 2.75) is 10.8 Å². The molecule has 1 atom stereocenters. The Balaban J connectivity index is 1.68. The highest BCUT2D eigenvalue weighted by atomic mass is 35.5. The highest BCUT2D eigenvalue weighted by Gasteiger charge is 2.33. The third-order valence-corrected chi connectivity index (χ3v) is 6.73. The SMILES string of the molecule is CN=C(NS(=O)(=O)c1ccc(F)cc1F)N1CC(c2ccccc2)C(c2ccc(Cl)cc2)=N1. The van der Waals surface area contributed by atoms with Crippen molar-refractivity contribution in [3.63, 3.8) is 0 Å². The number of guanidine groups is 1. The molecule has 0 spiro atoms. The highest BCUT2D eigenvalue weighted by molar-refractivity contribution is 7.90. The van der Waals surface area contributed by atoms with Gasteiger partial charge in [-0.1, -0.05) is 54.1 Å². The summed E-state index contributed by atoms with van der Waals surface area (Å²) >= 11 is 6.03. The lowest BCUT2D eigenvalue weighted by molar-refractivity contribution is 0.462. The second-order valence-electron chi connectivity index (χ2n) is 7.26. The summed E-state index contributed by atoms with van der Waals surface area (Å²) in [5.74, 6) is -2.36. The van der Waals surface area contributed by atoms with Gasteiger partial charge in [-0.2, -0.15) is 5.10 Å². The van der Waals surface area contributed by atoms with Crippen molar-refractivity contribution < 1.29 is 17.2 Å². The lowest BCUT2D eigenvalue weighted by atomic mass is 9.91. The minimum absolute atomic E-state index is 0.0939. The summed E-state index contributed by atoms with van der Waals surface area (Å²) in [5, 5.41) is 6.62. The van der Waals surface area contributed by atoms with Crippen LogP contribution in [0.3, 0.4) is 0 Å². The normalized spacial score (nSPS) is 16.6. The fourth-order valence-corrected chi connectivity index (χ4v) is 4.78. The van der Waals surface area contributed by atoms with E-state index >= 15 is 0 Å². The Hall–Kier alpha value is -3.30. The molecule has 6 nitrogen and oxygen atoms in total. The maximum Gasteiger partial charge on any atom is 0.267 e. The summed E-state index contributed by atoms with van der Waals surface area (Å²) in [6, 6.07) is 19.0. The molecule has 1 aliphatic heterocycles. The summed E-state index contributed by atoms with van der Waals surface area (Å²) in [4.78, 5) is 3.34. The Morgan fingerprint density at radius 3 is 2.42 bits per heavy atom. The van der Waals surface area contributed by atoms with E-state index in [0.29, 0.717) is 23.3 Å². The second-order valence-corrected chi connectivity index (χ2v) is 9.35. The van der Waals surface area contributed by atoms with E-state index < -0.39 is 26.6 Å². The molecular weight excluding hydrogens is 470 g/mol. The third-order valence-electron chi connectivity index (χ3n) is 5.12. The number of nitrogens with zero attached hydrogens (tertiary/aromatic N) is 3. The first-order valence-corrected chi connectivity index (χ1v) is 11.8. The van der Waals surface area contributed by atoms with Crippen molar-refractivity contribution in [3.05, 3.63) is 101 Å². The van der Waals surface area contributed by atoms with E-state index in [-0.39, 0.29) is 11.9 Å². The van der Waals surface area contributed by atoms with Crippen molar-refractivity contribution in [1.29, 1.82) is 0 Å². The number of hydrogen-bond acceptors (Lipinski definition) is 4. The van der Waals surface area contributed by atoms with Gasteiger partial charge in [0.05, 0.1) is 12.3 Å². The van der Waals surface area contributed by atoms with Gasteiger partial charge in [-0.3, -0.25) is 4.99 Å². The fourth-order valence-electron chi connectivity index (χ4n) is 3.54. The predicted molar refractivity (Wildman–Crippen MR) is 124 cm³/mol. The van der Waals surface area contributed by atoms with Gasteiger partial charge in [0.25, 0.3) is 10.0 Å². The molecule has 0 fully saturated rings. The Morgan fingerprint density at radius 2 is 1.79 bits per heavy atom. The quantitative estimate of drug-likeness (QED) is 0.437. The van der Waals surface area contributed by atoms with E-state index in [4.69, 9.17) is 11.6 Å². The number of aliphatic imine (C=N–C) groups is 1. The van der Waals surface area contributed by atoms with E-state index in [1.807, 2.05) is 42.5 Å². The molecule has 0 saturated carbocycles. The smallest absolute Gasteiger partial charge is 0.254 e. The molecule has 1 unspecified atom stereocenters. The topological polar surface area (TPSA) is 74.1 Å². The molecule has 4 rings (SSSR count). The molecule has 0 radical (unpaired) electrons. The van der Waals surface area contributed by atoms with Gasteiger partial charge >= 0.3 is 0 Å². The Labute approximate surface area is 195 Å². The van der Waals surface area contributed by atoms with Gasteiger partial charge in [0.1, 0.15) is 16.5 Å². The van der Waals surface area contributed by atoms with Crippen LogP contribution < -0.4 is 4.72 Å². The van der Waals surface area contributed by atoms with Gasteiger partial charge in [-0.05, 0) is 35.4 Å². The molecule has 10 heteroatoms. The third kappa shape index (κ3) is 4.89. The van der Waals surface area contributed by atoms with Crippen molar-refractivity contribution in [1.82, 2.24) is 9.73 Å². The van der Waals surface area contributed by atoms with Crippen LogP contribution in [0.15, 0.2) is 87.8 Å². The average molecular weight is 489 g/mol. The van der Waals surface area contributed by atoms with Gasteiger partial charge in [0.2, 0.25) is 5.96 Å². The van der Waals surface area contributed by atoms with E-state index in [9.17, 15) is 17.2 Å². The van der Waals surface area contributed by atoms with E-state index in [1.54, 1.807) is 12.1 Å².